The molecule has 0 fully saturated rings. The number of nitrogens with zero attached hydrogens (tertiary/aromatic N) is 2. The molecule has 1 aromatic carbocycles. The number of rotatable bonds is 3. The highest BCUT2D eigenvalue weighted by molar-refractivity contribution is 6.04. The molecule has 0 aliphatic carbocycles. The number of carbonyl (C=O) groups is 1. The maximum Gasteiger partial charge on any atom is 0.261 e. The maximum absolute atomic E-state index is 12.1. The summed E-state index contributed by atoms with van der Waals surface area (Å²) in [4.78, 5) is 27.0. The maximum atomic E-state index is 12.1. The molecule has 6 heteroatoms. The fourth-order valence-electron chi connectivity index (χ4n) is 2.12. The van der Waals surface area contributed by atoms with Crippen molar-refractivity contribution >= 4 is 11.6 Å². The van der Waals surface area contributed by atoms with Crippen LogP contribution in [0.2, 0.25) is 0 Å². The third kappa shape index (κ3) is 2.80. The van der Waals surface area contributed by atoms with Gasteiger partial charge in [-0.15, -0.1) is 0 Å². The van der Waals surface area contributed by atoms with Crippen LogP contribution in [0.4, 0.5) is 5.69 Å². The number of pyridine rings is 1. The minimum Gasteiger partial charge on any atom is -0.321 e. The molecule has 1 amide bonds. The van der Waals surface area contributed by atoms with Crippen LogP contribution in [0.1, 0.15) is 10.4 Å². The van der Waals surface area contributed by atoms with E-state index in [4.69, 9.17) is 0 Å². The van der Waals surface area contributed by atoms with Crippen molar-refractivity contribution in [3.8, 4) is 11.3 Å². The van der Waals surface area contributed by atoms with E-state index in [1.165, 1.54) is 12.3 Å². The topological polar surface area (TPSA) is 79.8 Å². The Morgan fingerprint density at radius 2 is 1.95 bits per heavy atom. The summed E-state index contributed by atoms with van der Waals surface area (Å²) in [5.41, 5.74) is 1.73. The fraction of sp³-hybridized carbons (Fsp3) is 0.0625. The second-order valence-corrected chi connectivity index (χ2v) is 4.84. The van der Waals surface area contributed by atoms with E-state index in [1.807, 2.05) is 30.3 Å². The smallest absolute Gasteiger partial charge is 0.261 e. The van der Waals surface area contributed by atoms with Crippen LogP contribution >= 0.6 is 0 Å². The first-order valence-corrected chi connectivity index (χ1v) is 6.72. The predicted molar refractivity (Wildman–Crippen MR) is 83.7 cm³/mol. The van der Waals surface area contributed by atoms with Gasteiger partial charge in [0.2, 0.25) is 0 Å². The molecule has 0 aliphatic heterocycles. The SMILES string of the molecule is Cn1cc(NC(=O)c2ccc(-c3ccccc3)[nH]c2=O)cn1. The molecular formula is C16H14N4O2. The lowest BCUT2D eigenvalue weighted by Gasteiger charge is -2.04. The molecule has 110 valence electrons. The van der Waals surface area contributed by atoms with Crippen LogP contribution in [0.15, 0.2) is 59.7 Å². The lowest BCUT2D eigenvalue weighted by Crippen LogP contribution is -2.23. The zero-order valence-corrected chi connectivity index (χ0v) is 11.9. The molecule has 3 rings (SSSR count). The Morgan fingerprint density at radius 1 is 1.18 bits per heavy atom. The Morgan fingerprint density at radius 3 is 2.59 bits per heavy atom. The number of carbonyl (C=O) groups excluding carboxylic acids is 1. The predicted octanol–water partition coefficient (Wildman–Crippen LogP) is 2.03. The van der Waals surface area contributed by atoms with Gasteiger partial charge in [0.05, 0.1) is 11.9 Å². The lowest BCUT2D eigenvalue weighted by atomic mass is 10.1. The van der Waals surface area contributed by atoms with E-state index in [0.717, 1.165) is 5.56 Å². The molecule has 3 aromatic rings. The Balaban J connectivity index is 1.86. The monoisotopic (exact) mass is 294 g/mol. The van der Waals surface area contributed by atoms with Gasteiger partial charge in [-0.2, -0.15) is 5.10 Å². The summed E-state index contributed by atoms with van der Waals surface area (Å²) in [6, 6.07) is 12.7. The van der Waals surface area contributed by atoms with Crippen molar-refractivity contribution in [3.63, 3.8) is 0 Å². The van der Waals surface area contributed by atoms with E-state index in [0.29, 0.717) is 11.4 Å². The Bertz CT molecular complexity index is 865. The molecule has 0 atom stereocenters. The summed E-state index contributed by atoms with van der Waals surface area (Å²) < 4.78 is 1.57. The second kappa shape index (κ2) is 5.69. The molecule has 2 aromatic heterocycles. The number of hydrogen-bond donors (Lipinski definition) is 2. The van der Waals surface area contributed by atoms with Crippen LogP contribution in [-0.4, -0.2) is 20.7 Å². The van der Waals surface area contributed by atoms with Crippen LogP contribution in [0, 0.1) is 0 Å². The number of H-pyrrole nitrogens is 1. The molecule has 2 N–H and O–H groups in total. The summed E-state index contributed by atoms with van der Waals surface area (Å²) in [5, 5.41) is 6.59. The van der Waals surface area contributed by atoms with Gasteiger partial charge in [0.25, 0.3) is 11.5 Å². The molecule has 22 heavy (non-hydrogen) atoms. The first-order chi connectivity index (χ1) is 10.6. The van der Waals surface area contributed by atoms with E-state index in [2.05, 4.69) is 15.4 Å². The third-order valence-corrected chi connectivity index (χ3v) is 3.20. The third-order valence-electron chi connectivity index (χ3n) is 3.20. The average Bonchev–Trinajstić information content (AvgIpc) is 2.93. The number of amides is 1. The van der Waals surface area contributed by atoms with Gasteiger partial charge in [-0.1, -0.05) is 30.3 Å². The molecule has 0 bridgehead atoms. The molecule has 0 unspecified atom stereocenters. The van der Waals surface area contributed by atoms with Gasteiger partial charge in [-0.3, -0.25) is 14.3 Å². The van der Waals surface area contributed by atoms with E-state index in [1.54, 1.807) is 24.0 Å². The molecule has 6 nitrogen and oxygen atoms in total. The van der Waals surface area contributed by atoms with E-state index in [9.17, 15) is 9.59 Å². The van der Waals surface area contributed by atoms with Gasteiger partial charge in [0, 0.05) is 18.9 Å². The van der Waals surface area contributed by atoms with Gasteiger partial charge in [-0.05, 0) is 17.7 Å². The largest absolute Gasteiger partial charge is 0.321 e. The van der Waals surface area contributed by atoms with Gasteiger partial charge in [0.15, 0.2) is 0 Å². The minimum absolute atomic E-state index is 0.0588. The number of nitrogens with one attached hydrogen (secondary N) is 2. The minimum atomic E-state index is -0.464. The summed E-state index contributed by atoms with van der Waals surface area (Å²) >= 11 is 0. The molecular weight excluding hydrogens is 280 g/mol. The first kappa shape index (κ1) is 13.8. The zero-order chi connectivity index (χ0) is 15.5. The summed E-state index contributed by atoms with van der Waals surface area (Å²) in [5.74, 6) is -0.464. The van der Waals surface area contributed by atoms with Crippen LogP contribution in [0.5, 0.6) is 0 Å². The van der Waals surface area contributed by atoms with Crippen molar-refractivity contribution in [3.05, 3.63) is 70.8 Å². The van der Waals surface area contributed by atoms with Gasteiger partial charge in [0.1, 0.15) is 5.56 Å². The van der Waals surface area contributed by atoms with Crippen molar-refractivity contribution in [1.82, 2.24) is 14.8 Å². The van der Waals surface area contributed by atoms with E-state index in [-0.39, 0.29) is 5.56 Å². The number of benzene rings is 1. The quantitative estimate of drug-likeness (QED) is 0.775. The van der Waals surface area contributed by atoms with E-state index >= 15 is 0 Å². The average molecular weight is 294 g/mol. The summed E-state index contributed by atoms with van der Waals surface area (Å²) in [6.45, 7) is 0. The number of aromatic nitrogens is 3. The normalized spacial score (nSPS) is 10.4. The number of aromatic amines is 1. The molecule has 0 saturated carbocycles. The Kier molecular flexibility index (Phi) is 3.57. The molecule has 0 saturated heterocycles. The molecule has 0 radical (unpaired) electrons. The highest BCUT2D eigenvalue weighted by atomic mass is 16.2. The Labute approximate surface area is 126 Å². The van der Waals surface area contributed by atoms with Gasteiger partial charge < -0.3 is 10.3 Å². The summed E-state index contributed by atoms with van der Waals surface area (Å²) in [6.07, 6.45) is 3.18. The van der Waals surface area contributed by atoms with Crippen molar-refractivity contribution < 1.29 is 4.79 Å². The van der Waals surface area contributed by atoms with Crippen LogP contribution < -0.4 is 10.9 Å². The lowest BCUT2D eigenvalue weighted by molar-refractivity contribution is 0.102. The fourth-order valence-corrected chi connectivity index (χ4v) is 2.12. The summed E-state index contributed by atoms with van der Waals surface area (Å²) in [7, 11) is 1.75. The van der Waals surface area contributed by atoms with E-state index < -0.39 is 11.5 Å². The van der Waals surface area contributed by atoms with Crippen molar-refractivity contribution in [2.24, 2.45) is 7.05 Å². The Hall–Kier alpha value is -3.15. The zero-order valence-electron chi connectivity index (χ0n) is 11.9. The first-order valence-electron chi connectivity index (χ1n) is 6.72. The van der Waals surface area contributed by atoms with Crippen molar-refractivity contribution in [2.45, 2.75) is 0 Å². The van der Waals surface area contributed by atoms with Crippen LogP contribution in [0.25, 0.3) is 11.3 Å². The van der Waals surface area contributed by atoms with Gasteiger partial charge >= 0.3 is 0 Å². The highest BCUT2D eigenvalue weighted by Crippen LogP contribution is 2.15. The van der Waals surface area contributed by atoms with Crippen LogP contribution in [0.3, 0.4) is 0 Å². The number of anilines is 1. The number of aryl methyl sites for hydroxylation is 1. The van der Waals surface area contributed by atoms with Crippen molar-refractivity contribution in [1.29, 1.82) is 0 Å². The number of hydrogen-bond acceptors (Lipinski definition) is 3. The standard InChI is InChI=1S/C16H14N4O2/c1-20-10-12(9-17-20)18-15(21)13-7-8-14(19-16(13)22)11-5-3-2-4-6-11/h2-10H,1H3,(H,18,21)(H,19,22). The second-order valence-electron chi connectivity index (χ2n) is 4.84. The van der Waals surface area contributed by atoms with Crippen LogP contribution in [-0.2, 0) is 7.05 Å². The molecule has 0 spiro atoms. The highest BCUT2D eigenvalue weighted by Gasteiger charge is 2.12. The van der Waals surface area contributed by atoms with Gasteiger partial charge in [-0.25, -0.2) is 0 Å². The molecule has 2 heterocycles. The molecule has 0 aliphatic rings. The van der Waals surface area contributed by atoms with Crippen molar-refractivity contribution in [2.75, 3.05) is 5.32 Å².